The predicted octanol–water partition coefficient (Wildman–Crippen LogP) is 2.24. The van der Waals surface area contributed by atoms with Crippen LogP contribution in [0.5, 0.6) is 0 Å². The van der Waals surface area contributed by atoms with Gasteiger partial charge in [0.15, 0.2) is 0 Å². The largest absolute Gasteiger partial charge is 0.460 e. The molecule has 18 heavy (non-hydrogen) atoms. The Morgan fingerprint density at radius 3 is 2.78 bits per heavy atom. The van der Waals surface area contributed by atoms with Crippen LogP contribution in [0.3, 0.4) is 0 Å². The van der Waals surface area contributed by atoms with Gasteiger partial charge in [0.05, 0.1) is 12.2 Å². The molecule has 2 N–H and O–H groups in total. The lowest BCUT2D eigenvalue weighted by Crippen LogP contribution is -2.14. The molecule has 0 amide bonds. The van der Waals surface area contributed by atoms with E-state index >= 15 is 0 Å². The van der Waals surface area contributed by atoms with E-state index in [-0.39, 0.29) is 12.2 Å². The quantitative estimate of drug-likeness (QED) is 0.481. The third-order valence-electron chi connectivity index (χ3n) is 2.12. The van der Waals surface area contributed by atoms with Gasteiger partial charge in [0, 0.05) is 12.3 Å². The molecule has 0 saturated heterocycles. The van der Waals surface area contributed by atoms with Gasteiger partial charge in [-0.2, -0.15) is 0 Å². The molecule has 4 nitrogen and oxygen atoms in total. The second kappa shape index (κ2) is 6.96. The minimum atomic E-state index is -0.729. The van der Waals surface area contributed by atoms with Crippen LogP contribution in [0.25, 0.3) is 0 Å². The van der Waals surface area contributed by atoms with E-state index in [1.54, 1.807) is 0 Å². The van der Waals surface area contributed by atoms with Crippen molar-refractivity contribution in [1.29, 1.82) is 0 Å². The van der Waals surface area contributed by atoms with Crippen LogP contribution in [0.15, 0.2) is 18.2 Å². The molecule has 5 heteroatoms. The number of benzene rings is 1. The molecule has 0 aliphatic rings. The van der Waals surface area contributed by atoms with Gasteiger partial charge in [0.25, 0.3) is 0 Å². The van der Waals surface area contributed by atoms with Crippen LogP contribution in [-0.2, 0) is 9.47 Å². The number of halogens is 1. The van der Waals surface area contributed by atoms with Gasteiger partial charge in [-0.05, 0) is 24.1 Å². The van der Waals surface area contributed by atoms with Crippen molar-refractivity contribution in [2.75, 3.05) is 25.6 Å². The fourth-order valence-corrected chi connectivity index (χ4v) is 1.29. The van der Waals surface area contributed by atoms with E-state index in [9.17, 15) is 9.18 Å². The van der Waals surface area contributed by atoms with Crippen LogP contribution in [-0.4, -0.2) is 25.8 Å². The average molecular weight is 255 g/mol. The average Bonchev–Trinajstić information content (AvgIpc) is 2.31. The van der Waals surface area contributed by atoms with Gasteiger partial charge in [-0.1, -0.05) is 13.8 Å². The minimum absolute atomic E-state index is 0.0970. The van der Waals surface area contributed by atoms with Crippen molar-refractivity contribution in [2.45, 2.75) is 13.8 Å². The molecule has 0 bridgehead atoms. The Morgan fingerprint density at radius 2 is 2.11 bits per heavy atom. The predicted molar refractivity (Wildman–Crippen MR) is 66.8 cm³/mol. The van der Waals surface area contributed by atoms with Crippen molar-refractivity contribution in [3.63, 3.8) is 0 Å². The van der Waals surface area contributed by atoms with Gasteiger partial charge >= 0.3 is 5.97 Å². The maximum absolute atomic E-state index is 13.3. The Hall–Kier alpha value is -1.62. The summed E-state index contributed by atoms with van der Waals surface area (Å²) in [5.41, 5.74) is 5.64. The van der Waals surface area contributed by atoms with E-state index < -0.39 is 11.8 Å². The van der Waals surface area contributed by atoms with Gasteiger partial charge < -0.3 is 15.2 Å². The fourth-order valence-electron chi connectivity index (χ4n) is 1.29. The van der Waals surface area contributed by atoms with Crippen molar-refractivity contribution in [2.24, 2.45) is 5.92 Å². The van der Waals surface area contributed by atoms with Crippen molar-refractivity contribution >= 4 is 11.7 Å². The lowest BCUT2D eigenvalue weighted by atomic mass is 10.2. The minimum Gasteiger partial charge on any atom is -0.460 e. The maximum atomic E-state index is 13.3. The Morgan fingerprint density at radius 1 is 1.39 bits per heavy atom. The van der Waals surface area contributed by atoms with Gasteiger partial charge in [0.2, 0.25) is 0 Å². The van der Waals surface area contributed by atoms with Crippen LogP contribution in [0.4, 0.5) is 10.1 Å². The normalized spacial score (nSPS) is 10.7. The van der Waals surface area contributed by atoms with E-state index in [1.165, 1.54) is 12.1 Å². The number of nitrogen functional groups attached to an aromatic ring is 1. The standard InChI is InChI=1S/C13H18FNO3/c1-9(2)8-17-5-6-18-13(16)11-7-10(15)3-4-12(11)14/h3-4,7,9H,5-6,8,15H2,1-2H3. The van der Waals surface area contributed by atoms with Gasteiger partial charge in [-0.3, -0.25) is 0 Å². The molecule has 1 aromatic rings. The summed E-state index contributed by atoms with van der Waals surface area (Å²) in [5, 5.41) is 0. The molecule has 0 radical (unpaired) electrons. The Bertz CT molecular complexity index is 407. The van der Waals surface area contributed by atoms with E-state index in [1.807, 2.05) is 13.8 Å². The summed E-state index contributed by atoms with van der Waals surface area (Å²) < 4.78 is 23.4. The number of rotatable bonds is 6. The van der Waals surface area contributed by atoms with E-state index in [2.05, 4.69) is 0 Å². The smallest absolute Gasteiger partial charge is 0.341 e. The number of carbonyl (C=O) groups is 1. The maximum Gasteiger partial charge on any atom is 0.341 e. The number of anilines is 1. The van der Waals surface area contributed by atoms with Crippen LogP contribution in [0.1, 0.15) is 24.2 Å². The third-order valence-corrected chi connectivity index (χ3v) is 2.12. The van der Waals surface area contributed by atoms with Crippen LogP contribution in [0.2, 0.25) is 0 Å². The SMILES string of the molecule is CC(C)COCCOC(=O)c1cc(N)ccc1F. The first kappa shape index (κ1) is 14.4. The molecule has 0 saturated carbocycles. The molecule has 100 valence electrons. The number of ether oxygens (including phenoxy) is 2. The summed E-state index contributed by atoms with van der Waals surface area (Å²) in [5.74, 6) is -0.947. The highest BCUT2D eigenvalue weighted by Gasteiger charge is 2.13. The van der Waals surface area contributed by atoms with E-state index in [4.69, 9.17) is 15.2 Å². The summed E-state index contributed by atoms with van der Waals surface area (Å²) in [4.78, 5) is 11.5. The molecule has 0 unspecified atom stereocenters. The Labute approximate surface area is 106 Å². The number of esters is 1. The topological polar surface area (TPSA) is 61.5 Å². The zero-order valence-corrected chi connectivity index (χ0v) is 10.6. The third kappa shape index (κ3) is 4.71. The summed E-state index contributed by atoms with van der Waals surface area (Å²) in [7, 11) is 0. The molecule has 0 fully saturated rings. The lowest BCUT2D eigenvalue weighted by Gasteiger charge is -2.08. The molecule has 0 spiro atoms. The first-order valence-corrected chi connectivity index (χ1v) is 5.80. The molecule has 0 aliphatic carbocycles. The monoisotopic (exact) mass is 255 g/mol. The number of hydrogen-bond donors (Lipinski definition) is 1. The summed E-state index contributed by atoms with van der Waals surface area (Å²) in [6, 6.07) is 3.78. The summed E-state index contributed by atoms with van der Waals surface area (Å²) >= 11 is 0. The summed E-state index contributed by atoms with van der Waals surface area (Å²) in [6.07, 6.45) is 0. The van der Waals surface area contributed by atoms with Crippen LogP contribution < -0.4 is 5.73 Å². The molecule has 0 aliphatic heterocycles. The number of carbonyl (C=O) groups excluding carboxylic acids is 1. The lowest BCUT2D eigenvalue weighted by molar-refractivity contribution is 0.0273. The highest BCUT2D eigenvalue weighted by atomic mass is 19.1. The second-order valence-electron chi connectivity index (χ2n) is 4.34. The van der Waals surface area contributed by atoms with Crippen molar-refractivity contribution in [1.82, 2.24) is 0 Å². The van der Waals surface area contributed by atoms with Gasteiger partial charge in [-0.15, -0.1) is 0 Å². The zero-order chi connectivity index (χ0) is 13.5. The molecule has 0 aromatic heterocycles. The van der Waals surface area contributed by atoms with Crippen molar-refractivity contribution < 1.29 is 18.7 Å². The Kier molecular flexibility index (Phi) is 5.58. The highest BCUT2D eigenvalue weighted by molar-refractivity contribution is 5.90. The van der Waals surface area contributed by atoms with Crippen molar-refractivity contribution in [3.05, 3.63) is 29.6 Å². The molecule has 0 heterocycles. The highest BCUT2D eigenvalue weighted by Crippen LogP contribution is 2.13. The molecular formula is C13H18FNO3. The molecule has 0 atom stereocenters. The number of nitrogens with two attached hydrogens (primary N) is 1. The molecule has 1 aromatic carbocycles. The second-order valence-corrected chi connectivity index (χ2v) is 4.34. The molecular weight excluding hydrogens is 237 g/mol. The zero-order valence-electron chi connectivity index (χ0n) is 10.6. The first-order chi connectivity index (χ1) is 8.50. The van der Waals surface area contributed by atoms with Gasteiger partial charge in [0.1, 0.15) is 12.4 Å². The van der Waals surface area contributed by atoms with Gasteiger partial charge in [-0.25, -0.2) is 9.18 Å². The van der Waals surface area contributed by atoms with Crippen molar-refractivity contribution in [3.8, 4) is 0 Å². The Balaban J connectivity index is 2.39. The first-order valence-electron chi connectivity index (χ1n) is 5.80. The fraction of sp³-hybridized carbons (Fsp3) is 0.462. The summed E-state index contributed by atoms with van der Waals surface area (Å²) in [6.45, 7) is 5.04. The van der Waals surface area contributed by atoms with E-state index in [0.717, 1.165) is 6.07 Å². The van der Waals surface area contributed by atoms with Crippen LogP contribution >= 0.6 is 0 Å². The van der Waals surface area contributed by atoms with Crippen LogP contribution in [0, 0.1) is 11.7 Å². The molecule has 1 rings (SSSR count). The number of hydrogen-bond acceptors (Lipinski definition) is 4. The van der Waals surface area contributed by atoms with E-state index in [0.29, 0.717) is 24.8 Å².